The molecule has 4 heterocycles. The second kappa shape index (κ2) is 12.3. The summed E-state index contributed by atoms with van der Waals surface area (Å²) < 4.78 is 18.1. The second-order valence-corrected chi connectivity index (χ2v) is 15.5. The van der Waals surface area contributed by atoms with Gasteiger partial charge in [-0.15, -0.1) is 0 Å². The summed E-state index contributed by atoms with van der Waals surface area (Å²) in [7, 11) is 0. The van der Waals surface area contributed by atoms with Gasteiger partial charge in [0.2, 0.25) is 0 Å². The van der Waals surface area contributed by atoms with Crippen molar-refractivity contribution in [2.45, 2.75) is 0 Å². The number of rotatable bonds is 4. The topological polar surface area (TPSA) is 59.9 Å². The molecule has 0 aliphatic carbocycles. The smallest absolute Gasteiger partial charge is 0.145 e. The van der Waals surface area contributed by atoms with Crippen LogP contribution in [0.1, 0.15) is 5.56 Å². The molecule has 4 aromatic heterocycles. The highest BCUT2D eigenvalue weighted by atomic mass is 16.3. The Balaban J connectivity index is 1.16. The summed E-state index contributed by atoms with van der Waals surface area (Å²) in [6, 6.07) is 68.2. The summed E-state index contributed by atoms with van der Waals surface area (Å²) >= 11 is 0. The fourth-order valence-corrected chi connectivity index (χ4v) is 9.81. The first-order valence-electron chi connectivity index (χ1n) is 20.1. The first-order chi connectivity index (χ1) is 29.7. The largest absolute Gasteiger partial charge is 0.455 e. The van der Waals surface area contributed by atoms with Gasteiger partial charge in [-0.3, -0.25) is 0 Å². The number of para-hydroxylation sites is 4. The summed E-state index contributed by atoms with van der Waals surface area (Å²) in [6.45, 7) is 0. The highest BCUT2D eigenvalue weighted by molar-refractivity contribution is 6.25. The lowest BCUT2D eigenvalue weighted by atomic mass is 9.92. The maximum absolute atomic E-state index is 10.9. The summed E-state index contributed by atoms with van der Waals surface area (Å²) in [5, 5.41) is 19.7. The summed E-state index contributed by atoms with van der Waals surface area (Å²) in [5.41, 5.74) is 13.9. The van der Waals surface area contributed by atoms with Crippen molar-refractivity contribution in [3.63, 3.8) is 0 Å². The zero-order chi connectivity index (χ0) is 39.5. The van der Waals surface area contributed by atoms with E-state index in [-0.39, 0.29) is 0 Å². The van der Waals surface area contributed by atoms with Gasteiger partial charge in [0.15, 0.2) is 0 Å². The zero-order valence-corrected chi connectivity index (χ0v) is 32.1. The second-order valence-electron chi connectivity index (χ2n) is 15.5. The van der Waals surface area contributed by atoms with Crippen molar-refractivity contribution >= 4 is 87.5 Å². The molecule has 0 saturated carbocycles. The molecule has 0 fully saturated rings. The Hall–Kier alpha value is -8.33. The Kier molecular flexibility index (Phi) is 6.73. The van der Waals surface area contributed by atoms with E-state index in [1.807, 2.05) is 48.5 Å². The highest BCUT2D eigenvalue weighted by Crippen LogP contribution is 2.44. The van der Waals surface area contributed by atoms with Crippen LogP contribution in [0.5, 0.6) is 0 Å². The zero-order valence-electron chi connectivity index (χ0n) is 32.1. The SMILES string of the molecule is N#Cc1c(-c2ccccc2)cccc1-c1cc(-n2c3ccccc3c3c4oc5ccccc5c4ccc32)cc(-n2c3ccccc3c3c4oc5ccccc5c4ccc32)c1. The third-order valence-corrected chi connectivity index (χ3v) is 12.4. The van der Waals surface area contributed by atoms with E-state index in [0.717, 1.165) is 121 Å². The monoisotopic (exact) mass is 765 g/mol. The van der Waals surface area contributed by atoms with E-state index < -0.39 is 0 Å². The van der Waals surface area contributed by atoms with Crippen LogP contribution in [0.2, 0.25) is 0 Å². The molecule has 13 aromatic rings. The van der Waals surface area contributed by atoms with E-state index >= 15 is 0 Å². The van der Waals surface area contributed by atoms with Gasteiger partial charge in [0.25, 0.3) is 0 Å². The number of nitrogens with zero attached hydrogens (tertiary/aromatic N) is 3. The van der Waals surface area contributed by atoms with E-state index in [1.165, 1.54) is 0 Å². The maximum Gasteiger partial charge on any atom is 0.145 e. The summed E-state index contributed by atoms with van der Waals surface area (Å²) in [6.07, 6.45) is 0. The lowest BCUT2D eigenvalue weighted by molar-refractivity contribution is 0.672. The van der Waals surface area contributed by atoms with E-state index in [0.29, 0.717) is 5.56 Å². The Morgan fingerprint density at radius 1 is 0.367 bits per heavy atom. The number of fused-ring (bicyclic) bond motifs is 14. The molecule has 0 spiro atoms. The molecule has 0 aliphatic rings. The van der Waals surface area contributed by atoms with Crippen LogP contribution in [0, 0.1) is 11.3 Å². The fourth-order valence-electron chi connectivity index (χ4n) is 9.81. The molecule has 0 amide bonds. The van der Waals surface area contributed by atoms with Gasteiger partial charge >= 0.3 is 0 Å². The molecule has 5 nitrogen and oxygen atoms in total. The molecule has 0 N–H and O–H groups in total. The standard InChI is InChI=1S/C55H31N3O2/c56-32-45-37(33-13-2-1-3-14-33)19-12-20-38(45)34-29-35(57-46-21-8-4-17-43(46)52-48(57)27-25-41-39-15-6-10-23-50(39)59-54(41)52)31-36(30-34)58-47-22-9-5-18-44(47)53-49(58)28-26-42-40-16-7-11-24-51(40)60-55(42)53/h1-31H. The predicted molar refractivity (Wildman–Crippen MR) is 245 cm³/mol. The Labute approximate surface area is 342 Å². The number of hydrogen-bond donors (Lipinski definition) is 0. The van der Waals surface area contributed by atoms with Gasteiger partial charge in [0.1, 0.15) is 28.4 Å². The summed E-state index contributed by atoms with van der Waals surface area (Å²) in [4.78, 5) is 0. The molecule has 0 atom stereocenters. The highest BCUT2D eigenvalue weighted by Gasteiger charge is 2.23. The fraction of sp³-hybridized carbons (Fsp3) is 0. The van der Waals surface area contributed by atoms with Gasteiger partial charge in [-0.25, -0.2) is 0 Å². The predicted octanol–water partition coefficient (Wildman–Crippen LogP) is 14.9. The van der Waals surface area contributed by atoms with Crippen LogP contribution in [0.25, 0.3) is 121 Å². The van der Waals surface area contributed by atoms with Crippen molar-refractivity contribution < 1.29 is 8.83 Å². The van der Waals surface area contributed by atoms with E-state index in [1.54, 1.807) is 0 Å². The van der Waals surface area contributed by atoms with Crippen molar-refractivity contribution in [3.8, 4) is 39.7 Å². The minimum Gasteiger partial charge on any atom is -0.455 e. The lowest BCUT2D eigenvalue weighted by Crippen LogP contribution is -2.01. The molecule has 0 bridgehead atoms. The van der Waals surface area contributed by atoms with Gasteiger partial charge in [0, 0.05) is 54.8 Å². The van der Waals surface area contributed by atoms with Gasteiger partial charge in [-0.2, -0.15) is 5.26 Å². The third kappa shape index (κ3) is 4.50. The number of benzene rings is 9. The average molecular weight is 766 g/mol. The molecule has 13 rings (SSSR count). The van der Waals surface area contributed by atoms with Crippen molar-refractivity contribution in [3.05, 3.63) is 194 Å². The molecule has 0 radical (unpaired) electrons. The number of aromatic nitrogens is 2. The van der Waals surface area contributed by atoms with E-state index in [4.69, 9.17) is 8.83 Å². The van der Waals surface area contributed by atoms with Crippen molar-refractivity contribution in [2.75, 3.05) is 0 Å². The van der Waals surface area contributed by atoms with Gasteiger partial charge in [-0.1, -0.05) is 121 Å². The van der Waals surface area contributed by atoms with Crippen LogP contribution in [0.4, 0.5) is 0 Å². The summed E-state index contributed by atoms with van der Waals surface area (Å²) in [5.74, 6) is 0. The first-order valence-corrected chi connectivity index (χ1v) is 20.1. The van der Waals surface area contributed by atoms with Crippen LogP contribution in [-0.2, 0) is 0 Å². The minimum absolute atomic E-state index is 0.629. The minimum atomic E-state index is 0.629. The van der Waals surface area contributed by atoms with Gasteiger partial charge in [0.05, 0.1) is 38.4 Å². The van der Waals surface area contributed by atoms with Crippen LogP contribution in [0.15, 0.2) is 197 Å². The Morgan fingerprint density at radius 3 is 1.37 bits per heavy atom. The molecule has 5 heteroatoms. The molecule has 9 aromatic carbocycles. The normalized spacial score (nSPS) is 12.0. The molecule has 278 valence electrons. The van der Waals surface area contributed by atoms with Crippen LogP contribution in [0.3, 0.4) is 0 Å². The number of hydrogen-bond acceptors (Lipinski definition) is 3. The van der Waals surface area contributed by atoms with Crippen LogP contribution < -0.4 is 0 Å². The molecule has 0 saturated heterocycles. The molecule has 60 heavy (non-hydrogen) atoms. The molecular weight excluding hydrogens is 735 g/mol. The van der Waals surface area contributed by atoms with Crippen molar-refractivity contribution in [2.24, 2.45) is 0 Å². The van der Waals surface area contributed by atoms with Crippen molar-refractivity contribution in [1.82, 2.24) is 9.13 Å². The van der Waals surface area contributed by atoms with E-state index in [2.05, 4.69) is 155 Å². The molecular formula is C55H31N3O2. The number of nitriles is 1. The van der Waals surface area contributed by atoms with Gasteiger partial charge in [-0.05, 0) is 77.9 Å². The third-order valence-electron chi connectivity index (χ3n) is 12.4. The lowest BCUT2D eigenvalue weighted by Gasteiger charge is -2.17. The number of furan rings is 2. The molecule has 0 unspecified atom stereocenters. The van der Waals surface area contributed by atoms with Crippen LogP contribution in [-0.4, -0.2) is 9.13 Å². The Morgan fingerprint density at radius 2 is 0.833 bits per heavy atom. The quantitative estimate of drug-likeness (QED) is 0.179. The first kappa shape index (κ1) is 32.7. The Bertz CT molecular complexity index is 3760. The molecule has 0 aliphatic heterocycles. The van der Waals surface area contributed by atoms with Crippen LogP contribution >= 0.6 is 0 Å². The maximum atomic E-state index is 10.9. The van der Waals surface area contributed by atoms with Gasteiger partial charge < -0.3 is 18.0 Å². The average Bonchev–Trinajstić information content (AvgIpc) is 4.06. The van der Waals surface area contributed by atoms with E-state index in [9.17, 15) is 5.26 Å². The van der Waals surface area contributed by atoms with Crippen molar-refractivity contribution in [1.29, 1.82) is 5.26 Å².